The highest BCUT2D eigenvalue weighted by atomic mass is 32.2. The summed E-state index contributed by atoms with van der Waals surface area (Å²) in [4.78, 5) is 0. The van der Waals surface area contributed by atoms with Crippen LogP contribution in [0.3, 0.4) is 0 Å². The van der Waals surface area contributed by atoms with Crippen LogP contribution < -0.4 is 5.73 Å². The molecule has 0 saturated carbocycles. The van der Waals surface area contributed by atoms with E-state index in [1.54, 1.807) is 6.92 Å². The van der Waals surface area contributed by atoms with Crippen LogP contribution in [0.5, 0.6) is 0 Å². The van der Waals surface area contributed by atoms with E-state index in [1.165, 1.54) is 11.8 Å². The fraction of sp³-hybridized carbons (Fsp3) is 0.500. The fourth-order valence-electron chi connectivity index (χ4n) is 0.541. The average Bonchev–Trinajstić information content (AvgIpc) is 2.35. The average molecular weight is 186 g/mol. The number of aryl methyl sites for hydroxylation is 1. The zero-order chi connectivity index (χ0) is 9.14. The highest BCUT2D eigenvalue weighted by Crippen LogP contribution is 2.20. The van der Waals surface area contributed by atoms with E-state index in [1.807, 2.05) is 6.92 Å². The standard InChI is InChI=1S/C6H10N4OS/c1-3(5(7)8)12-6-10-9-4(2)11-6/h3H,1-2H3,(H3,7,8). The van der Waals surface area contributed by atoms with E-state index < -0.39 is 0 Å². The third-order valence-corrected chi connectivity index (χ3v) is 2.20. The van der Waals surface area contributed by atoms with Gasteiger partial charge in [0.1, 0.15) is 5.84 Å². The molecule has 0 fully saturated rings. The molecular weight excluding hydrogens is 176 g/mol. The molecule has 1 aromatic heterocycles. The van der Waals surface area contributed by atoms with Crippen molar-refractivity contribution in [2.24, 2.45) is 5.73 Å². The molecule has 66 valence electrons. The topological polar surface area (TPSA) is 88.8 Å². The smallest absolute Gasteiger partial charge is 0.277 e. The van der Waals surface area contributed by atoms with Crippen LogP contribution in [-0.2, 0) is 0 Å². The Morgan fingerprint density at radius 2 is 2.33 bits per heavy atom. The predicted octanol–water partition coefficient (Wildman–Crippen LogP) is 0.795. The Balaban J connectivity index is 2.58. The van der Waals surface area contributed by atoms with Gasteiger partial charge in [-0.15, -0.1) is 10.2 Å². The number of hydrogen-bond donors (Lipinski definition) is 2. The van der Waals surface area contributed by atoms with E-state index in [-0.39, 0.29) is 11.1 Å². The summed E-state index contributed by atoms with van der Waals surface area (Å²) in [6.07, 6.45) is 0. The van der Waals surface area contributed by atoms with Crippen LogP contribution in [0, 0.1) is 12.3 Å². The first-order chi connectivity index (χ1) is 5.59. The van der Waals surface area contributed by atoms with Gasteiger partial charge in [-0.1, -0.05) is 11.8 Å². The summed E-state index contributed by atoms with van der Waals surface area (Å²) in [6, 6.07) is 0. The van der Waals surface area contributed by atoms with Crippen molar-refractivity contribution in [1.29, 1.82) is 5.41 Å². The molecule has 0 saturated heterocycles. The van der Waals surface area contributed by atoms with Gasteiger partial charge < -0.3 is 10.2 Å². The Hall–Kier alpha value is -1.04. The number of aromatic nitrogens is 2. The number of nitrogens with zero attached hydrogens (tertiary/aromatic N) is 2. The zero-order valence-corrected chi connectivity index (χ0v) is 7.68. The molecule has 6 heteroatoms. The highest BCUT2D eigenvalue weighted by molar-refractivity contribution is 8.00. The summed E-state index contributed by atoms with van der Waals surface area (Å²) in [5, 5.41) is 14.9. The molecule has 0 spiro atoms. The van der Waals surface area contributed by atoms with Crippen molar-refractivity contribution in [3.8, 4) is 0 Å². The lowest BCUT2D eigenvalue weighted by atomic mass is 10.4. The minimum Gasteiger partial charge on any atom is -0.416 e. The second kappa shape index (κ2) is 3.57. The first-order valence-corrected chi connectivity index (χ1v) is 4.28. The first-order valence-electron chi connectivity index (χ1n) is 3.40. The van der Waals surface area contributed by atoms with Gasteiger partial charge in [0.2, 0.25) is 5.89 Å². The molecule has 1 atom stereocenters. The SMILES string of the molecule is Cc1nnc(SC(C)C(=N)N)o1. The summed E-state index contributed by atoms with van der Waals surface area (Å²) in [5.41, 5.74) is 5.26. The maximum absolute atomic E-state index is 7.12. The van der Waals surface area contributed by atoms with Crippen molar-refractivity contribution in [2.75, 3.05) is 0 Å². The minimum absolute atomic E-state index is 0.107. The predicted molar refractivity (Wildman–Crippen MR) is 46.3 cm³/mol. The molecule has 5 nitrogen and oxygen atoms in total. The van der Waals surface area contributed by atoms with Crippen LogP contribution in [0.15, 0.2) is 9.64 Å². The van der Waals surface area contributed by atoms with Crippen molar-refractivity contribution in [1.82, 2.24) is 10.2 Å². The minimum atomic E-state index is -0.121. The van der Waals surface area contributed by atoms with Crippen molar-refractivity contribution < 1.29 is 4.42 Å². The number of amidine groups is 1. The third-order valence-electron chi connectivity index (χ3n) is 1.22. The van der Waals surface area contributed by atoms with Crippen LogP contribution in [0.2, 0.25) is 0 Å². The van der Waals surface area contributed by atoms with Crippen molar-refractivity contribution >= 4 is 17.6 Å². The summed E-state index contributed by atoms with van der Waals surface area (Å²) < 4.78 is 5.09. The number of hydrogen-bond acceptors (Lipinski definition) is 5. The Morgan fingerprint density at radius 3 is 2.75 bits per heavy atom. The quantitative estimate of drug-likeness (QED) is 0.414. The van der Waals surface area contributed by atoms with Gasteiger partial charge in [0.15, 0.2) is 0 Å². The Bertz CT molecular complexity index is 285. The highest BCUT2D eigenvalue weighted by Gasteiger charge is 2.11. The van der Waals surface area contributed by atoms with E-state index in [9.17, 15) is 0 Å². The van der Waals surface area contributed by atoms with Crippen molar-refractivity contribution in [3.63, 3.8) is 0 Å². The van der Waals surface area contributed by atoms with E-state index in [2.05, 4.69) is 10.2 Å². The molecule has 0 radical (unpaired) electrons. The molecule has 12 heavy (non-hydrogen) atoms. The molecule has 1 aromatic rings. The van der Waals surface area contributed by atoms with Gasteiger partial charge in [0, 0.05) is 6.92 Å². The molecule has 1 heterocycles. The number of rotatable bonds is 3. The fourth-order valence-corrected chi connectivity index (χ4v) is 1.23. The maximum Gasteiger partial charge on any atom is 0.277 e. The van der Waals surface area contributed by atoms with Gasteiger partial charge in [-0.25, -0.2) is 0 Å². The van der Waals surface area contributed by atoms with Crippen LogP contribution >= 0.6 is 11.8 Å². The third kappa shape index (κ3) is 2.23. The summed E-state index contributed by atoms with van der Waals surface area (Å²) in [6.45, 7) is 3.53. The lowest BCUT2D eigenvalue weighted by Gasteiger charge is -2.03. The maximum atomic E-state index is 7.12. The lowest BCUT2D eigenvalue weighted by Crippen LogP contribution is -2.21. The van der Waals surface area contributed by atoms with Gasteiger partial charge in [0.25, 0.3) is 5.22 Å². The van der Waals surface area contributed by atoms with Gasteiger partial charge in [-0.2, -0.15) is 0 Å². The van der Waals surface area contributed by atoms with Gasteiger partial charge in [0.05, 0.1) is 5.25 Å². The van der Waals surface area contributed by atoms with Crippen molar-refractivity contribution in [3.05, 3.63) is 5.89 Å². The summed E-state index contributed by atoms with van der Waals surface area (Å²) in [7, 11) is 0. The Labute approximate surface area is 74.2 Å². The molecule has 0 aliphatic rings. The number of nitrogens with one attached hydrogen (secondary N) is 1. The summed E-state index contributed by atoms with van der Waals surface area (Å²) in [5.74, 6) is 0.629. The van der Waals surface area contributed by atoms with Crippen LogP contribution in [0.4, 0.5) is 0 Å². The van der Waals surface area contributed by atoms with Crippen LogP contribution in [0.25, 0.3) is 0 Å². The van der Waals surface area contributed by atoms with E-state index in [4.69, 9.17) is 15.6 Å². The number of nitrogens with two attached hydrogens (primary N) is 1. The molecular formula is C6H10N4OS. The first kappa shape index (κ1) is 9.05. The summed E-state index contributed by atoms with van der Waals surface area (Å²) >= 11 is 1.28. The lowest BCUT2D eigenvalue weighted by molar-refractivity contribution is 0.429. The van der Waals surface area contributed by atoms with E-state index in [0.717, 1.165) is 0 Å². The molecule has 1 unspecified atom stereocenters. The van der Waals surface area contributed by atoms with Gasteiger partial charge in [-0.3, -0.25) is 5.41 Å². The van der Waals surface area contributed by atoms with Crippen LogP contribution in [0.1, 0.15) is 12.8 Å². The van der Waals surface area contributed by atoms with Crippen LogP contribution in [-0.4, -0.2) is 21.3 Å². The monoisotopic (exact) mass is 186 g/mol. The molecule has 0 aromatic carbocycles. The molecule has 0 aliphatic carbocycles. The van der Waals surface area contributed by atoms with E-state index in [0.29, 0.717) is 11.1 Å². The zero-order valence-electron chi connectivity index (χ0n) is 6.87. The van der Waals surface area contributed by atoms with Gasteiger partial charge in [-0.05, 0) is 6.92 Å². The normalized spacial score (nSPS) is 12.8. The van der Waals surface area contributed by atoms with Gasteiger partial charge >= 0.3 is 0 Å². The largest absolute Gasteiger partial charge is 0.416 e. The molecule has 0 bridgehead atoms. The number of thioether (sulfide) groups is 1. The molecule has 0 aliphatic heterocycles. The molecule has 0 amide bonds. The molecule has 3 N–H and O–H groups in total. The second-order valence-electron chi connectivity index (χ2n) is 2.30. The Kier molecular flexibility index (Phi) is 2.69. The van der Waals surface area contributed by atoms with E-state index >= 15 is 0 Å². The second-order valence-corrected chi connectivity index (χ2v) is 3.59. The molecule has 1 rings (SSSR count). The van der Waals surface area contributed by atoms with Crippen molar-refractivity contribution in [2.45, 2.75) is 24.3 Å². The Morgan fingerprint density at radius 1 is 1.67 bits per heavy atom.